The van der Waals surface area contributed by atoms with Crippen molar-refractivity contribution < 1.29 is 14.5 Å². The maximum absolute atomic E-state index is 12.5. The second-order valence-corrected chi connectivity index (χ2v) is 5.70. The normalized spacial score (nSPS) is 15.6. The van der Waals surface area contributed by atoms with Crippen molar-refractivity contribution >= 4 is 28.2 Å². The van der Waals surface area contributed by atoms with Crippen LogP contribution in [0.4, 0.5) is 5.00 Å². The van der Waals surface area contributed by atoms with Crippen molar-refractivity contribution in [1.82, 2.24) is 10.2 Å². The maximum Gasteiger partial charge on any atom is 0.324 e. The third kappa shape index (κ3) is 3.76. The molecular formula is C12H16N4O4S. The number of hydrogen-bond donors (Lipinski definition) is 2. The van der Waals surface area contributed by atoms with Crippen molar-refractivity contribution in [2.45, 2.75) is 18.9 Å². The Balaban J connectivity index is 2.19. The van der Waals surface area contributed by atoms with Gasteiger partial charge in [-0.15, -0.1) is 0 Å². The molecule has 1 fully saturated rings. The number of nitrogens with zero attached hydrogens (tertiary/aromatic N) is 2. The van der Waals surface area contributed by atoms with Gasteiger partial charge >= 0.3 is 5.00 Å². The summed E-state index contributed by atoms with van der Waals surface area (Å²) in [6.07, 6.45) is 1.45. The number of nitro groups is 1. The Morgan fingerprint density at radius 2 is 2.14 bits per heavy atom. The lowest BCUT2D eigenvalue weighted by Gasteiger charge is -2.33. The fourth-order valence-corrected chi connectivity index (χ4v) is 3.05. The van der Waals surface area contributed by atoms with Crippen LogP contribution in [-0.2, 0) is 4.79 Å². The molecule has 0 saturated carbocycles. The quantitative estimate of drug-likeness (QED) is 0.600. The summed E-state index contributed by atoms with van der Waals surface area (Å²) in [6, 6.07) is 1.16. The lowest BCUT2D eigenvalue weighted by atomic mass is 10.0. The average molecular weight is 312 g/mol. The molecule has 0 unspecified atom stereocenters. The van der Waals surface area contributed by atoms with Gasteiger partial charge in [-0.2, -0.15) is 0 Å². The number of hydrogen-bond acceptors (Lipinski definition) is 6. The summed E-state index contributed by atoms with van der Waals surface area (Å²) in [4.78, 5) is 35.3. The molecule has 0 aliphatic carbocycles. The number of primary amides is 1. The van der Waals surface area contributed by atoms with Gasteiger partial charge in [0.1, 0.15) is 0 Å². The van der Waals surface area contributed by atoms with Crippen molar-refractivity contribution in [2.24, 2.45) is 5.73 Å². The number of carbonyl (C=O) groups is 2. The van der Waals surface area contributed by atoms with Gasteiger partial charge in [0.15, 0.2) is 0 Å². The lowest BCUT2D eigenvalue weighted by Crippen LogP contribution is -2.49. The molecule has 1 saturated heterocycles. The predicted molar refractivity (Wildman–Crippen MR) is 77.1 cm³/mol. The predicted octanol–water partition coefficient (Wildman–Crippen LogP) is 0.336. The van der Waals surface area contributed by atoms with Crippen LogP contribution in [0.5, 0.6) is 0 Å². The maximum atomic E-state index is 12.5. The van der Waals surface area contributed by atoms with E-state index in [2.05, 4.69) is 5.32 Å². The second-order valence-electron chi connectivity index (χ2n) is 4.81. The molecule has 1 aromatic rings. The van der Waals surface area contributed by atoms with Gasteiger partial charge in [0.05, 0.1) is 17.0 Å². The Labute approximate surface area is 125 Å². The molecule has 114 valence electrons. The average Bonchev–Trinajstić information content (AvgIpc) is 2.95. The van der Waals surface area contributed by atoms with Crippen LogP contribution in [0.1, 0.15) is 23.2 Å². The zero-order chi connectivity index (χ0) is 15.4. The van der Waals surface area contributed by atoms with Crippen LogP contribution >= 0.6 is 11.3 Å². The first-order valence-corrected chi connectivity index (χ1v) is 7.40. The van der Waals surface area contributed by atoms with E-state index in [1.165, 1.54) is 16.3 Å². The minimum Gasteiger partial charge on any atom is -0.368 e. The molecule has 2 amide bonds. The molecule has 1 aromatic heterocycles. The summed E-state index contributed by atoms with van der Waals surface area (Å²) in [7, 11) is 0. The van der Waals surface area contributed by atoms with Gasteiger partial charge in [-0.3, -0.25) is 19.7 Å². The van der Waals surface area contributed by atoms with Crippen molar-refractivity contribution in [3.05, 3.63) is 27.1 Å². The van der Waals surface area contributed by atoms with Crippen LogP contribution in [0.25, 0.3) is 0 Å². The molecule has 0 bridgehead atoms. The Morgan fingerprint density at radius 1 is 1.48 bits per heavy atom. The van der Waals surface area contributed by atoms with E-state index in [9.17, 15) is 19.7 Å². The number of thiophene rings is 1. The first-order chi connectivity index (χ1) is 9.99. The van der Waals surface area contributed by atoms with Crippen LogP contribution in [0.3, 0.4) is 0 Å². The van der Waals surface area contributed by atoms with E-state index in [0.717, 1.165) is 37.3 Å². The molecule has 8 nitrogen and oxygen atoms in total. The number of nitrogens with one attached hydrogen (secondary N) is 1. The number of amides is 2. The Morgan fingerprint density at radius 3 is 2.67 bits per heavy atom. The van der Waals surface area contributed by atoms with Crippen LogP contribution in [0.15, 0.2) is 11.4 Å². The van der Waals surface area contributed by atoms with Gasteiger partial charge in [-0.25, -0.2) is 0 Å². The highest BCUT2D eigenvalue weighted by atomic mass is 32.1. The van der Waals surface area contributed by atoms with E-state index >= 15 is 0 Å². The molecule has 2 rings (SSSR count). The third-order valence-electron chi connectivity index (χ3n) is 3.35. The minimum atomic E-state index is -0.591. The van der Waals surface area contributed by atoms with E-state index in [4.69, 9.17) is 5.73 Å². The molecular weight excluding hydrogens is 296 g/mol. The van der Waals surface area contributed by atoms with E-state index in [-0.39, 0.29) is 29.1 Å². The number of piperidine rings is 1. The van der Waals surface area contributed by atoms with Gasteiger partial charge in [-0.1, -0.05) is 11.3 Å². The SMILES string of the molecule is NC(=O)CN(C(=O)c1csc([N+](=O)[O-])c1)C1CCNCC1. The summed E-state index contributed by atoms with van der Waals surface area (Å²) in [5.74, 6) is -0.975. The molecule has 3 N–H and O–H groups in total. The van der Waals surface area contributed by atoms with Crippen molar-refractivity contribution in [3.8, 4) is 0 Å². The van der Waals surface area contributed by atoms with Crippen molar-refractivity contribution in [1.29, 1.82) is 0 Å². The molecule has 1 aliphatic rings. The lowest BCUT2D eigenvalue weighted by molar-refractivity contribution is -0.380. The standard InChI is InChI=1S/C12H16N4O4S/c13-10(17)6-15(9-1-3-14-4-2-9)12(18)8-5-11(16(19)20)21-7-8/h5,7,9,14H,1-4,6H2,(H2,13,17). The number of rotatable bonds is 5. The van der Waals surface area contributed by atoms with Crippen LogP contribution < -0.4 is 11.1 Å². The highest BCUT2D eigenvalue weighted by molar-refractivity contribution is 7.13. The molecule has 21 heavy (non-hydrogen) atoms. The first kappa shape index (κ1) is 15.4. The van der Waals surface area contributed by atoms with Gasteiger partial charge < -0.3 is 16.0 Å². The van der Waals surface area contributed by atoms with E-state index in [1.807, 2.05) is 0 Å². The summed E-state index contributed by atoms with van der Waals surface area (Å²) < 4.78 is 0. The molecule has 0 radical (unpaired) electrons. The number of nitrogens with two attached hydrogens (primary N) is 1. The molecule has 0 aromatic carbocycles. The van der Waals surface area contributed by atoms with Crippen LogP contribution in [0.2, 0.25) is 0 Å². The monoisotopic (exact) mass is 312 g/mol. The Kier molecular flexibility index (Phi) is 4.86. The fraction of sp³-hybridized carbons (Fsp3) is 0.500. The smallest absolute Gasteiger partial charge is 0.324 e. The van der Waals surface area contributed by atoms with Gasteiger partial charge in [0.25, 0.3) is 5.91 Å². The number of carbonyl (C=O) groups excluding carboxylic acids is 2. The summed E-state index contributed by atoms with van der Waals surface area (Å²) in [6.45, 7) is 1.35. The zero-order valence-corrected chi connectivity index (χ0v) is 12.1. The second kappa shape index (κ2) is 6.64. The summed E-state index contributed by atoms with van der Waals surface area (Å²) >= 11 is 0.894. The summed E-state index contributed by atoms with van der Waals surface area (Å²) in [5, 5.41) is 15.2. The molecule has 1 aliphatic heterocycles. The highest BCUT2D eigenvalue weighted by Crippen LogP contribution is 2.25. The van der Waals surface area contributed by atoms with E-state index in [1.54, 1.807) is 0 Å². The summed E-state index contributed by atoms with van der Waals surface area (Å²) in [5.41, 5.74) is 5.44. The third-order valence-corrected chi connectivity index (χ3v) is 4.23. The van der Waals surface area contributed by atoms with Crippen molar-refractivity contribution in [3.63, 3.8) is 0 Å². The van der Waals surface area contributed by atoms with Crippen molar-refractivity contribution in [2.75, 3.05) is 19.6 Å². The van der Waals surface area contributed by atoms with Gasteiger partial charge in [0.2, 0.25) is 5.91 Å². The van der Waals surface area contributed by atoms with Crippen LogP contribution in [-0.4, -0.2) is 47.3 Å². The zero-order valence-electron chi connectivity index (χ0n) is 11.3. The first-order valence-electron chi connectivity index (χ1n) is 6.52. The van der Waals surface area contributed by atoms with E-state index < -0.39 is 10.8 Å². The topological polar surface area (TPSA) is 119 Å². The molecule has 0 spiro atoms. The molecule has 2 heterocycles. The van der Waals surface area contributed by atoms with E-state index in [0.29, 0.717) is 0 Å². The highest BCUT2D eigenvalue weighted by Gasteiger charge is 2.28. The minimum absolute atomic E-state index is 0.0785. The van der Waals surface area contributed by atoms with Gasteiger partial charge in [0, 0.05) is 17.5 Å². The largest absolute Gasteiger partial charge is 0.368 e. The van der Waals surface area contributed by atoms with Crippen LogP contribution in [0, 0.1) is 10.1 Å². The Bertz CT molecular complexity index is 553. The molecule has 9 heteroatoms. The van der Waals surface area contributed by atoms with Gasteiger partial charge in [-0.05, 0) is 25.9 Å². The molecule has 0 atom stereocenters. The fourth-order valence-electron chi connectivity index (χ4n) is 2.35. The Hall–Kier alpha value is -2.00.